The summed E-state index contributed by atoms with van der Waals surface area (Å²) in [5.41, 5.74) is 10.7. The van der Waals surface area contributed by atoms with Crippen molar-refractivity contribution in [3.63, 3.8) is 0 Å². The maximum absolute atomic E-state index is 11.2. The van der Waals surface area contributed by atoms with E-state index in [1.165, 1.54) is 0 Å². The Kier molecular flexibility index (Phi) is 7.96. The number of rotatable bonds is 8. The van der Waals surface area contributed by atoms with Crippen LogP contribution < -0.4 is 16.8 Å². The minimum atomic E-state index is -0.999. The van der Waals surface area contributed by atoms with Crippen LogP contribution in [0.5, 0.6) is 0 Å². The number of carbonyl (C=O) groups is 2. The maximum Gasteiger partial charge on any atom is 0.320 e. The van der Waals surface area contributed by atoms with Gasteiger partial charge in [-0.15, -0.1) is 0 Å². The zero-order chi connectivity index (χ0) is 12.6. The Balaban J connectivity index is 3.47. The van der Waals surface area contributed by atoms with Crippen LogP contribution in [-0.4, -0.2) is 41.4 Å². The van der Waals surface area contributed by atoms with Crippen molar-refractivity contribution in [1.29, 1.82) is 0 Å². The molecule has 2 unspecified atom stereocenters. The zero-order valence-corrected chi connectivity index (χ0v) is 9.95. The van der Waals surface area contributed by atoms with Crippen molar-refractivity contribution in [3.05, 3.63) is 0 Å². The van der Waals surface area contributed by atoms with Gasteiger partial charge in [0.2, 0.25) is 5.91 Å². The molecule has 0 spiro atoms. The molecule has 0 bridgehead atoms. The molecule has 2 atom stereocenters. The zero-order valence-electron chi connectivity index (χ0n) is 9.06. The SMILES string of the molecule is NC(CCCCNC(=O)C(N)CS)C(=O)O. The number of hydrogen-bond donors (Lipinski definition) is 5. The second-order valence-corrected chi connectivity index (χ2v) is 3.89. The number of nitrogens with one attached hydrogen (secondary N) is 1. The van der Waals surface area contributed by atoms with Crippen molar-refractivity contribution in [2.45, 2.75) is 31.3 Å². The molecule has 0 fully saturated rings. The third kappa shape index (κ3) is 6.65. The van der Waals surface area contributed by atoms with Gasteiger partial charge in [-0.3, -0.25) is 9.59 Å². The van der Waals surface area contributed by atoms with Crippen LogP contribution in [0.2, 0.25) is 0 Å². The lowest BCUT2D eigenvalue weighted by molar-refractivity contribution is -0.138. The Labute approximate surface area is 100 Å². The van der Waals surface area contributed by atoms with Crippen LogP contribution in [-0.2, 0) is 9.59 Å². The Morgan fingerprint density at radius 3 is 2.38 bits per heavy atom. The van der Waals surface area contributed by atoms with E-state index in [2.05, 4.69) is 17.9 Å². The molecular weight excluding hydrogens is 230 g/mol. The van der Waals surface area contributed by atoms with Crippen molar-refractivity contribution >= 4 is 24.5 Å². The second kappa shape index (κ2) is 8.37. The first-order valence-electron chi connectivity index (χ1n) is 5.11. The second-order valence-electron chi connectivity index (χ2n) is 3.52. The molecule has 0 rings (SSSR count). The molecule has 0 aromatic heterocycles. The number of carboxylic acid groups (broad SMARTS) is 1. The number of unbranched alkanes of at least 4 members (excludes halogenated alkanes) is 1. The fourth-order valence-electron chi connectivity index (χ4n) is 1.04. The summed E-state index contributed by atoms with van der Waals surface area (Å²) in [5.74, 6) is -0.936. The number of nitrogens with two attached hydrogens (primary N) is 2. The summed E-state index contributed by atoms with van der Waals surface area (Å²) in [6.45, 7) is 0.479. The molecule has 0 aliphatic heterocycles. The van der Waals surface area contributed by atoms with Crippen molar-refractivity contribution < 1.29 is 14.7 Å². The highest BCUT2D eigenvalue weighted by atomic mass is 32.1. The van der Waals surface area contributed by atoms with Crippen LogP contribution >= 0.6 is 12.6 Å². The van der Waals surface area contributed by atoms with E-state index in [1.54, 1.807) is 0 Å². The summed E-state index contributed by atoms with van der Waals surface area (Å²) in [6.07, 6.45) is 1.75. The van der Waals surface area contributed by atoms with E-state index in [9.17, 15) is 9.59 Å². The van der Waals surface area contributed by atoms with Gasteiger partial charge in [0.1, 0.15) is 6.04 Å². The molecule has 0 aromatic carbocycles. The monoisotopic (exact) mass is 249 g/mol. The largest absolute Gasteiger partial charge is 0.480 e. The summed E-state index contributed by atoms with van der Waals surface area (Å²) < 4.78 is 0. The minimum absolute atomic E-state index is 0.238. The van der Waals surface area contributed by atoms with Crippen molar-refractivity contribution in [1.82, 2.24) is 5.32 Å². The van der Waals surface area contributed by atoms with Gasteiger partial charge in [-0.25, -0.2) is 0 Å². The van der Waals surface area contributed by atoms with Gasteiger partial charge in [-0.2, -0.15) is 12.6 Å². The van der Waals surface area contributed by atoms with Gasteiger partial charge in [0.05, 0.1) is 6.04 Å². The molecular formula is C9H19N3O3S. The van der Waals surface area contributed by atoms with Gasteiger partial charge in [-0.05, 0) is 19.3 Å². The Bertz CT molecular complexity index is 238. The summed E-state index contributed by atoms with van der Waals surface area (Å²) in [6, 6.07) is -1.42. The van der Waals surface area contributed by atoms with Crippen LogP contribution in [0.25, 0.3) is 0 Å². The molecule has 6 N–H and O–H groups in total. The molecule has 0 aromatic rings. The van der Waals surface area contributed by atoms with Crippen molar-refractivity contribution in [2.24, 2.45) is 11.5 Å². The topological polar surface area (TPSA) is 118 Å². The van der Waals surface area contributed by atoms with Crippen LogP contribution in [0.1, 0.15) is 19.3 Å². The van der Waals surface area contributed by atoms with E-state index >= 15 is 0 Å². The van der Waals surface area contributed by atoms with E-state index < -0.39 is 18.1 Å². The average molecular weight is 249 g/mol. The van der Waals surface area contributed by atoms with E-state index in [1.807, 2.05) is 0 Å². The van der Waals surface area contributed by atoms with Crippen LogP contribution in [0.4, 0.5) is 0 Å². The fraction of sp³-hybridized carbons (Fsp3) is 0.778. The molecule has 94 valence electrons. The average Bonchev–Trinajstić information content (AvgIpc) is 2.26. The third-order valence-electron chi connectivity index (χ3n) is 2.09. The van der Waals surface area contributed by atoms with Gasteiger partial charge in [0.25, 0.3) is 0 Å². The Morgan fingerprint density at radius 1 is 1.25 bits per heavy atom. The fourth-order valence-corrected chi connectivity index (χ4v) is 1.20. The summed E-state index contributed by atoms with van der Waals surface area (Å²) >= 11 is 3.90. The van der Waals surface area contributed by atoms with Crippen molar-refractivity contribution in [3.8, 4) is 0 Å². The number of carbonyl (C=O) groups excluding carboxylic acids is 1. The highest BCUT2D eigenvalue weighted by Crippen LogP contribution is 1.98. The highest BCUT2D eigenvalue weighted by Gasteiger charge is 2.11. The van der Waals surface area contributed by atoms with Gasteiger partial charge in [0.15, 0.2) is 0 Å². The minimum Gasteiger partial charge on any atom is -0.480 e. The lowest BCUT2D eigenvalue weighted by Crippen LogP contribution is -2.42. The predicted octanol–water partition coefficient (Wildman–Crippen LogP) is -1.06. The van der Waals surface area contributed by atoms with Crippen molar-refractivity contribution in [2.75, 3.05) is 12.3 Å². The standard InChI is InChI=1S/C9H19N3O3S/c10-6(9(14)15)3-1-2-4-12-8(13)7(11)5-16/h6-7,16H,1-5,10-11H2,(H,12,13)(H,14,15). The number of amides is 1. The van der Waals surface area contributed by atoms with Crippen LogP contribution in [0.15, 0.2) is 0 Å². The van der Waals surface area contributed by atoms with E-state index in [0.717, 1.165) is 0 Å². The van der Waals surface area contributed by atoms with Gasteiger partial charge < -0.3 is 21.9 Å². The molecule has 0 aliphatic carbocycles. The van der Waals surface area contributed by atoms with Crippen LogP contribution in [0.3, 0.4) is 0 Å². The van der Waals surface area contributed by atoms with Gasteiger partial charge in [0, 0.05) is 12.3 Å². The molecule has 0 radical (unpaired) electrons. The number of thiol groups is 1. The van der Waals surface area contributed by atoms with E-state index in [0.29, 0.717) is 31.6 Å². The highest BCUT2D eigenvalue weighted by molar-refractivity contribution is 7.80. The molecule has 7 heteroatoms. The van der Waals surface area contributed by atoms with Gasteiger partial charge >= 0.3 is 5.97 Å². The summed E-state index contributed by atoms with van der Waals surface area (Å²) in [5, 5.41) is 11.1. The van der Waals surface area contributed by atoms with Crippen LogP contribution in [0, 0.1) is 0 Å². The first kappa shape index (κ1) is 15.2. The lowest BCUT2D eigenvalue weighted by Gasteiger charge is -2.10. The Hall–Kier alpha value is -0.790. The molecule has 6 nitrogen and oxygen atoms in total. The van der Waals surface area contributed by atoms with Gasteiger partial charge in [-0.1, -0.05) is 0 Å². The summed E-state index contributed by atoms with van der Waals surface area (Å²) in [4.78, 5) is 21.6. The molecule has 0 saturated carbocycles. The quantitative estimate of drug-likeness (QED) is 0.277. The third-order valence-corrected chi connectivity index (χ3v) is 2.49. The Morgan fingerprint density at radius 2 is 1.88 bits per heavy atom. The predicted molar refractivity (Wildman–Crippen MR) is 64.3 cm³/mol. The van der Waals surface area contributed by atoms with E-state index in [-0.39, 0.29) is 5.91 Å². The number of aliphatic carboxylic acids is 1. The molecule has 16 heavy (non-hydrogen) atoms. The molecule has 0 aliphatic rings. The first-order valence-corrected chi connectivity index (χ1v) is 5.74. The first-order chi connectivity index (χ1) is 7.49. The number of hydrogen-bond acceptors (Lipinski definition) is 5. The molecule has 1 amide bonds. The normalized spacial score (nSPS) is 14.2. The molecule has 0 saturated heterocycles. The number of carboxylic acids is 1. The molecule has 0 heterocycles. The summed E-state index contributed by atoms with van der Waals surface area (Å²) in [7, 11) is 0. The van der Waals surface area contributed by atoms with E-state index in [4.69, 9.17) is 16.6 Å². The maximum atomic E-state index is 11.2. The lowest BCUT2D eigenvalue weighted by atomic mass is 10.1. The smallest absolute Gasteiger partial charge is 0.320 e.